The van der Waals surface area contributed by atoms with Crippen molar-refractivity contribution in [2.75, 3.05) is 0 Å². The van der Waals surface area contributed by atoms with Crippen LogP contribution in [-0.4, -0.2) is 28.0 Å². The third-order valence-electron chi connectivity index (χ3n) is 8.12. The zero-order chi connectivity index (χ0) is 30.7. The summed E-state index contributed by atoms with van der Waals surface area (Å²) in [5.74, 6) is 1.31. The Morgan fingerprint density at radius 2 is 1.74 bits per heavy atom. The molecule has 4 aromatic rings. The molecule has 0 unspecified atom stereocenters. The summed E-state index contributed by atoms with van der Waals surface area (Å²) in [5, 5.41) is 14.3. The fraction of sp³-hybridized carbons (Fsp3) is 0.361. The van der Waals surface area contributed by atoms with Crippen molar-refractivity contribution in [1.82, 2.24) is 10.3 Å². The molecule has 2 N–H and O–H groups in total. The molecule has 0 radical (unpaired) electrons. The smallest absolute Gasteiger partial charge is 0.326 e. The maximum absolute atomic E-state index is 13.4. The highest BCUT2D eigenvalue weighted by molar-refractivity contribution is 5.99. The molecule has 1 atom stereocenters. The van der Waals surface area contributed by atoms with Crippen LogP contribution in [0.3, 0.4) is 0 Å². The number of carbonyl (C=O) groups is 2. The van der Waals surface area contributed by atoms with Crippen LogP contribution in [0.1, 0.15) is 86.6 Å². The zero-order valence-corrected chi connectivity index (χ0v) is 25.4. The van der Waals surface area contributed by atoms with Crippen LogP contribution in [0.25, 0.3) is 16.3 Å². The second-order valence-corrected chi connectivity index (χ2v) is 12.7. The minimum atomic E-state index is -1.17. The molecule has 0 saturated heterocycles. The van der Waals surface area contributed by atoms with Gasteiger partial charge >= 0.3 is 5.97 Å². The molecule has 0 spiro atoms. The van der Waals surface area contributed by atoms with Gasteiger partial charge < -0.3 is 19.6 Å². The van der Waals surface area contributed by atoms with E-state index in [1.165, 1.54) is 18.4 Å². The highest BCUT2D eigenvalue weighted by atomic mass is 16.5. The molecule has 0 bridgehead atoms. The number of rotatable bonds is 10. The minimum Gasteiger partial charge on any atom is -0.480 e. The van der Waals surface area contributed by atoms with Crippen molar-refractivity contribution in [3.05, 3.63) is 95.7 Å². The summed E-state index contributed by atoms with van der Waals surface area (Å²) < 4.78 is 11.9. The molecule has 2 heterocycles. The number of hydrogen-bond donors (Lipinski definition) is 2. The van der Waals surface area contributed by atoms with E-state index < -0.39 is 17.9 Å². The highest BCUT2D eigenvalue weighted by Gasteiger charge is 2.25. The number of fused-ring (bicyclic) bond motifs is 1. The van der Waals surface area contributed by atoms with E-state index in [0.29, 0.717) is 23.2 Å². The van der Waals surface area contributed by atoms with E-state index in [2.05, 4.69) is 44.8 Å². The van der Waals surface area contributed by atoms with Crippen LogP contribution in [0.4, 0.5) is 0 Å². The molecule has 43 heavy (non-hydrogen) atoms. The van der Waals surface area contributed by atoms with E-state index in [1.54, 1.807) is 18.2 Å². The average molecular weight is 581 g/mol. The van der Waals surface area contributed by atoms with Crippen molar-refractivity contribution in [2.24, 2.45) is 5.92 Å². The normalized spacial score (nSPS) is 14.5. The standard InChI is InChI=1S/C36H40N2O5/c1-22(2)33-17-16-28(43-33)21-32(35(40)41)38-34(39)31-19-24-10-13-27(42-26-14-11-25(12-15-26)36(3,4)5)20-29(24)30(37-31)18-23-8-6-7-9-23/h10-17,19-20,23,32H,1,6-9,18,21H2,2-5H3,(H,38,39)(H,40,41)/t32-/m0/s1. The van der Waals surface area contributed by atoms with Gasteiger partial charge in [-0.2, -0.15) is 0 Å². The Bertz CT molecular complexity index is 1640. The molecule has 1 amide bonds. The second kappa shape index (κ2) is 12.5. The number of carbonyl (C=O) groups excluding carboxylic acids is 1. The van der Waals surface area contributed by atoms with Crippen molar-refractivity contribution in [2.45, 2.75) is 77.7 Å². The summed E-state index contributed by atoms with van der Waals surface area (Å²) in [6.07, 6.45) is 5.41. The number of nitrogens with zero attached hydrogens (tertiary/aromatic N) is 1. The number of hydrogen-bond acceptors (Lipinski definition) is 5. The monoisotopic (exact) mass is 580 g/mol. The topological polar surface area (TPSA) is 102 Å². The molecule has 7 heteroatoms. The van der Waals surface area contributed by atoms with E-state index in [1.807, 2.05) is 37.3 Å². The van der Waals surface area contributed by atoms with Crippen LogP contribution < -0.4 is 10.1 Å². The molecule has 2 aromatic carbocycles. The van der Waals surface area contributed by atoms with Crippen LogP contribution in [0, 0.1) is 5.92 Å². The van der Waals surface area contributed by atoms with Gasteiger partial charge in [-0.05, 0) is 83.7 Å². The first-order valence-electron chi connectivity index (χ1n) is 15.0. The van der Waals surface area contributed by atoms with Gasteiger partial charge in [0.25, 0.3) is 5.91 Å². The lowest BCUT2D eigenvalue weighted by Crippen LogP contribution is -2.42. The van der Waals surface area contributed by atoms with Gasteiger partial charge in [-0.3, -0.25) is 4.79 Å². The number of ether oxygens (including phenoxy) is 1. The van der Waals surface area contributed by atoms with Crippen LogP contribution >= 0.6 is 0 Å². The van der Waals surface area contributed by atoms with Crippen molar-refractivity contribution in [1.29, 1.82) is 0 Å². The van der Waals surface area contributed by atoms with E-state index in [9.17, 15) is 14.7 Å². The molecule has 224 valence electrons. The van der Waals surface area contributed by atoms with Crippen LogP contribution in [-0.2, 0) is 23.1 Å². The van der Waals surface area contributed by atoms with Gasteiger partial charge in [0.15, 0.2) is 0 Å². The van der Waals surface area contributed by atoms with Gasteiger partial charge in [0.2, 0.25) is 0 Å². The third kappa shape index (κ3) is 7.34. The largest absolute Gasteiger partial charge is 0.480 e. The third-order valence-corrected chi connectivity index (χ3v) is 8.12. The molecule has 1 fully saturated rings. The molecule has 1 aliphatic rings. The Balaban J connectivity index is 1.41. The fourth-order valence-electron chi connectivity index (χ4n) is 5.63. The summed E-state index contributed by atoms with van der Waals surface area (Å²) in [5.41, 5.74) is 3.05. The Kier molecular flexibility index (Phi) is 8.71. The molecule has 1 saturated carbocycles. The minimum absolute atomic E-state index is 0.00823. The van der Waals surface area contributed by atoms with Crippen LogP contribution in [0.15, 0.2) is 71.7 Å². The van der Waals surface area contributed by atoms with E-state index in [0.717, 1.165) is 47.1 Å². The fourth-order valence-corrected chi connectivity index (χ4v) is 5.63. The van der Waals surface area contributed by atoms with Gasteiger partial charge in [0, 0.05) is 17.5 Å². The first-order valence-corrected chi connectivity index (χ1v) is 15.0. The number of pyridine rings is 1. The summed E-state index contributed by atoms with van der Waals surface area (Å²) in [6.45, 7) is 12.2. The Morgan fingerprint density at radius 3 is 2.37 bits per heavy atom. The first kappa shape index (κ1) is 30.1. The van der Waals surface area contributed by atoms with Crippen molar-refractivity contribution in [3.63, 3.8) is 0 Å². The predicted octanol–water partition coefficient (Wildman–Crippen LogP) is 8.11. The molecular formula is C36H40N2O5. The SMILES string of the molecule is C=C(C)c1ccc(C[C@H](NC(=O)c2cc3ccc(Oc4ccc(C(C)(C)C)cc4)cc3c(CC3CCCC3)n2)C(=O)O)o1. The maximum Gasteiger partial charge on any atom is 0.326 e. The van der Waals surface area contributed by atoms with Gasteiger partial charge in [0.05, 0.1) is 0 Å². The Hall–Kier alpha value is -4.39. The van der Waals surface area contributed by atoms with E-state index >= 15 is 0 Å². The van der Waals surface area contributed by atoms with Gasteiger partial charge in [-0.15, -0.1) is 0 Å². The summed E-state index contributed by atoms with van der Waals surface area (Å²) in [4.78, 5) is 30.3. The van der Waals surface area contributed by atoms with Crippen molar-refractivity contribution >= 4 is 28.2 Å². The Morgan fingerprint density at radius 1 is 1.05 bits per heavy atom. The molecule has 7 nitrogen and oxygen atoms in total. The number of carboxylic acid groups (broad SMARTS) is 1. The molecular weight excluding hydrogens is 540 g/mol. The van der Waals surface area contributed by atoms with Crippen molar-refractivity contribution < 1.29 is 23.8 Å². The number of furan rings is 1. The predicted molar refractivity (Wildman–Crippen MR) is 169 cm³/mol. The summed E-state index contributed by atoms with van der Waals surface area (Å²) in [7, 11) is 0. The number of amides is 1. The number of benzene rings is 2. The molecule has 1 aliphatic carbocycles. The van der Waals surface area contributed by atoms with Gasteiger partial charge in [-0.1, -0.05) is 71.2 Å². The zero-order valence-electron chi connectivity index (χ0n) is 25.4. The van der Waals surface area contributed by atoms with Crippen molar-refractivity contribution in [3.8, 4) is 11.5 Å². The number of allylic oxidation sites excluding steroid dienone is 1. The second-order valence-electron chi connectivity index (χ2n) is 12.7. The van der Waals surface area contributed by atoms with Gasteiger partial charge in [0.1, 0.15) is 34.8 Å². The Labute approximate surface area is 253 Å². The molecule has 0 aliphatic heterocycles. The average Bonchev–Trinajstić information content (AvgIpc) is 3.65. The summed E-state index contributed by atoms with van der Waals surface area (Å²) >= 11 is 0. The summed E-state index contributed by atoms with van der Waals surface area (Å²) in [6, 6.07) is 17.9. The first-order chi connectivity index (χ1) is 20.5. The lowest BCUT2D eigenvalue weighted by molar-refractivity contribution is -0.139. The van der Waals surface area contributed by atoms with E-state index in [-0.39, 0.29) is 17.5 Å². The quantitative estimate of drug-likeness (QED) is 0.196. The lowest BCUT2D eigenvalue weighted by atomic mass is 9.87. The number of aliphatic carboxylic acids is 1. The molecule has 2 aromatic heterocycles. The lowest BCUT2D eigenvalue weighted by Gasteiger charge is -2.19. The van der Waals surface area contributed by atoms with Crippen LogP contribution in [0.5, 0.6) is 11.5 Å². The van der Waals surface area contributed by atoms with Crippen LogP contribution in [0.2, 0.25) is 0 Å². The van der Waals surface area contributed by atoms with Gasteiger partial charge in [-0.25, -0.2) is 9.78 Å². The highest BCUT2D eigenvalue weighted by Crippen LogP contribution is 2.33. The number of nitrogens with one attached hydrogen (secondary N) is 1. The number of aromatic nitrogens is 1. The van der Waals surface area contributed by atoms with E-state index in [4.69, 9.17) is 14.1 Å². The molecule has 5 rings (SSSR count). The number of carboxylic acids is 1. The maximum atomic E-state index is 13.4.